The monoisotopic (exact) mass is 643 g/mol. The summed E-state index contributed by atoms with van der Waals surface area (Å²) in [5, 5.41) is 19.0. The Balaban J connectivity index is 1.26. The number of imidazole rings is 1. The highest BCUT2D eigenvalue weighted by atomic mass is 19.1. The molecule has 3 heterocycles. The topological polar surface area (TPSA) is 96.3 Å². The molecule has 6 aromatic rings. The number of rotatable bonds is 10. The van der Waals surface area contributed by atoms with Crippen LogP contribution in [0.15, 0.2) is 91.0 Å². The van der Waals surface area contributed by atoms with Crippen molar-refractivity contribution in [2.24, 2.45) is 0 Å². The predicted octanol–water partition coefficient (Wildman–Crippen LogP) is 7.64. The van der Waals surface area contributed by atoms with Crippen LogP contribution in [0.5, 0.6) is 5.75 Å². The Morgan fingerprint density at radius 1 is 1.02 bits per heavy atom. The predicted molar refractivity (Wildman–Crippen MR) is 184 cm³/mol. The summed E-state index contributed by atoms with van der Waals surface area (Å²) in [6.45, 7) is 7.36. The minimum absolute atomic E-state index is 0.0500. The molecule has 2 N–H and O–H groups in total. The zero-order chi connectivity index (χ0) is 33.4. The zero-order valence-corrected chi connectivity index (χ0v) is 27.3. The van der Waals surface area contributed by atoms with E-state index in [1.807, 2.05) is 92.4 Å². The quantitative estimate of drug-likeness (QED) is 0.159. The van der Waals surface area contributed by atoms with Crippen molar-refractivity contribution in [3.8, 4) is 28.4 Å². The normalized spacial score (nSPS) is 14.8. The molecule has 9 heteroatoms. The van der Waals surface area contributed by atoms with E-state index in [0.717, 1.165) is 50.1 Å². The third-order valence-electron chi connectivity index (χ3n) is 9.27. The molecular formula is C39H38FN5O3. The van der Waals surface area contributed by atoms with E-state index < -0.39 is 17.8 Å². The number of aromatic amines is 1. The summed E-state index contributed by atoms with van der Waals surface area (Å²) in [7, 11) is 0. The van der Waals surface area contributed by atoms with Gasteiger partial charge in [-0.25, -0.2) is 9.37 Å². The van der Waals surface area contributed by atoms with Gasteiger partial charge in [0, 0.05) is 36.6 Å². The standard InChI is InChI=1S/C39H38FN5O3/c1-4-27-18-36(48-23-26-13-9-6-10-14-26)31(40)19-30(27)28-15-16-29-32(17-28)42-43-37(29)38-41-33-22-44(24(2)3)35(39(46)47)20-34(33)45(38)21-25-11-7-5-8-12-25/h5-19,24,35H,4,20-23H2,1-3H3,(H,42,43)(H,46,47)/t35-/m0/s1. The summed E-state index contributed by atoms with van der Waals surface area (Å²) in [6, 6.07) is 28.6. The fourth-order valence-electron chi connectivity index (χ4n) is 6.72. The lowest BCUT2D eigenvalue weighted by Gasteiger charge is -2.35. The van der Waals surface area contributed by atoms with Crippen molar-refractivity contribution >= 4 is 16.9 Å². The van der Waals surface area contributed by atoms with E-state index in [9.17, 15) is 9.90 Å². The van der Waals surface area contributed by atoms with Gasteiger partial charge in [0.05, 0.1) is 11.2 Å². The molecule has 4 aromatic carbocycles. The number of aliphatic carboxylic acids is 1. The summed E-state index contributed by atoms with van der Waals surface area (Å²) in [4.78, 5) is 19.5. The third kappa shape index (κ3) is 5.97. The highest BCUT2D eigenvalue weighted by Crippen LogP contribution is 2.36. The van der Waals surface area contributed by atoms with Crippen molar-refractivity contribution in [1.82, 2.24) is 24.6 Å². The van der Waals surface area contributed by atoms with Gasteiger partial charge in [-0.2, -0.15) is 5.10 Å². The van der Waals surface area contributed by atoms with Gasteiger partial charge < -0.3 is 14.4 Å². The number of benzene rings is 4. The molecule has 7 rings (SSSR count). The van der Waals surface area contributed by atoms with Crippen molar-refractivity contribution < 1.29 is 19.0 Å². The van der Waals surface area contributed by atoms with E-state index in [4.69, 9.17) is 14.8 Å². The molecule has 0 amide bonds. The minimum Gasteiger partial charge on any atom is -0.486 e. The Kier molecular flexibility index (Phi) is 8.54. The van der Waals surface area contributed by atoms with Crippen LogP contribution >= 0.6 is 0 Å². The second-order valence-corrected chi connectivity index (χ2v) is 12.6. The first-order valence-corrected chi connectivity index (χ1v) is 16.4. The van der Waals surface area contributed by atoms with E-state index in [0.29, 0.717) is 44.1 Å². The van der Waals surface area contributed by atoms with Crippen LogP contribution < -0.4 is 4.74 Å². The second kappa shape index (κ2) is 13.1. The van der Waals surface area contributed by atoms with Gasteiger partial charge in [-0.15, -0.1) is 0 Å². The van der Waals surface area contributed by atoms with Crippen molar-refractivity contribution in [3.05, 3.63) is 125 Å². The van der Waals surface area contributed by atoms with Crippen LogP contribution in [-0.2, 0) is 37.3 Å². The molecule has 0 saturated heterocycles. The van der Waals surface area contributed by atoms with E-state index in [1.54, 1.807) is 12.1 Å². The van der Waals surface area contributed by atoms with Crippen LogP contribution in [0.4, 0.5) is 4.39 Å². The third-order valence-corrected chi connectivity index (χ3v) is 9.27. The van der Waals surface area contributed by atoms with E-state index in [1.165, 1.54) is 0 Å². The average Bonchev–Trinajstić information content (AvgIpc) is 3.68. The number of carbonyl (C=O) groups is 1. The molecule has 8 nitrogen and oxygen atoms in total. The van der Waals surface area contributed by atoms with Crippen molar-refractivity contribution in [3.63, 3.8) is 0 Å². The number of nitrogens with one attached hydrogen (secondary N) is 1. The number of carboxylic acids is 1. The molecule has 0 fully saturated rings. The van der Waals surface area contributed by atoms with Crippen LogP contribution in [0.3, 0.4) is 0 Å². The van der Waals surface area contributed by atoms with Crippen LogP contribution in [-0.4, -0.2) is 47.8 Å². The number of carboxylic acid groups (broad SMARTS) is 1. The Labute approximate surface area is 278 Å². The number of aromatic nitrogens is 4. The minimum atomic E-state index is -0.834. The Hall–Kier alpha value is -5.28. The largest absolute Gasteiger partial charge is 0.486 e. The fraction of sp³-hybridized carbons (Fsp3) is 0.256. The van der Waals surface area contributed by atoms with Crippen LogP contribution in [0, 0.1) is 5.82 Å². The van der Waals surface area contributed by atoms with Gasteiger partial charge >= 0.3 is 5.97 Å². The SMILES string of the molecule is CCc1cc(OCc2ccccc2)c(F)cc1-c1ccc2c(-c3nc4c(n3Cc3ccccc3)C[C@@H](C(=O)O)N(C(C)C)C4)n[nH]c2c1. The van der Waals surface area contributed by atoms with Crippen molar-refractivity contribution in [1.29, 1.82) is 0 Å². The van der Waals surface area contributed by atoms with Crippen LogP contribution in [0.2, 0.25) is 0 Å². The molecule has 1 atom stereocenters. The molecule has 0 bridgehead atoms. The van der Waals surface area contributed by atoms with Gasteiger partial charge in [0.2, 0.25) is 0 Å². The number of halogens is 1. The van der Waals surface area contributed by atoms with Gasteiger partial charge in [-0.1, -0.05) is 73.7 Å². The van der Waals surface area contributed by atoms with Gasteiger partial charge in [0.25, 0.3) is 0 Å². The van der Waals surface area contributed by atoms with Crippen molar-refractivity contribution in [2.45, 2.75) is 65.4 Å². The molecule has 0 aliphatic carbocycles. The molecule has 244 valence electrons. The maximum Gasteiger partial charge on any atom is 0.321 e. The lowest BCUT2D eigenvalue weighted by Crippen LogP contribution is -2.49. The summed E-state index contributed by atoms with van der Waals surface area (Å²) in [5.74, 6) is -0.315. The summed E-state index contributed by atoms with van der Waals surface area (Å²) < 4.78 is 23.4. The molecule has 1 aliphatic rings. The molecule has 0 radical (unpaired) electrons. The average molecular weight is 644 g/mol. The Bertz CT molecular complexity index is 2090. The smallest absolute Gasteiger partial charge is 0.321 e. The molecule has 2 aromatic heterocycles. The summed E-state index contributed by atoms with van der Waals surface area (Å²) >= 11 is 0. The number of hydrogen-bond donors (Lipinski definition) is 2. The molecular weight excluding hydrogens is 605 g/mol. The maximum absolute atomic E-state index is 15.4. The lowest BCUT2D eigenvalue weighted by atomic mass is 9.96. The number of H-pyrrole nitrogens is 1. The number of fused-ring (bicyclic) bond motifs is 2. The first-order chi connectivity index (χ1) is 23.3. The number of nitrogens with zero attached hydrogens (tertiary/aromatic N) is 4. The molecule has 0 saturated carbocycles. The van der Waals surface area contributed by atoms with Gasteiger partial charge in [-0.05, 0) is 72.4 Å². The first kappa shape index (κ1) is 31.3. The van der Waals surface area contributed by atoms with Gasteiger partial charge in [0.1, 0.15) is 18.3 Å². The maximum atomic E-state index is 15.4. The van der Waals surface area contributed by atoms with E-state index >= 15 is 4.39 Å². The molecule has 1 aliphatic heterocycles. The summed E-state index contributed by atoms with van der Waals surface area (Å²) in [6.07, 6.45) is 1.06. The highest BCUT2D eigenvalue weighted by molar-refractivity contribution is 5.94. The van der Waals surface area contributed by atoms with Crippen LogP contribution in [0.25, 0.3) is 33.5 Å². The Morgan fingerprint density at radius 2 is 1.75 bits per heavy atom. The summed E-state index contributed by atoms with van der Waals surface area (Å²) in [5.41, 5.74) is 7.99. The first-order valence-electron chi connectivity index (χ1n) is 16.4. The van der Waals surface area contributed by atoms with Crippen LogP contribution in [0.1, 0.15) is 48.8 Å². The van der Waals surface area contributed by atoms with Gasteiger partial charge in [0.15, 0.2) is 17.4 Å². The molecule has 48 heavy (non-hydrogen) atoms. The second-order valence-electron chi connectivity index (χ2n) is 12.6. The molecule has 0 spiro atoms. The van der Waals surface area contributed by atoms with E-state index in [2.05, 4.69) is 21.8 Å². The zero-order valence-electron chi connectivity index (χ0n) is 27.3. The van der Waals surface area contributed by atoms with Gasteiger partial charge in [-0.3, -0.25) is 14.8 Å². The molecule has 0 unspecified atom stereocenters. The Morgan fingerprint density at radius 3 is 2.44 bits per heavy atom. The van der Waals surface area contributed by atoms with Crippen molar-refractivity contribution in [2.75, 3.05) is 0 Å². The number of aryl methyl sites for hydroxylation is 1. The van der Waals surface area contributed by atoms with E-state index in [-0.39, 0.29) is 11.8 Å². The number of hydrogen-bond acceptors (Lipinski definition) is 5. The number of ether oxygens (including phenoxy) is 1. The lowest BCUT2D eigenvalue weighted by molar-refractivity contribution is -0.144. The fourth-order valence-corrected chi connectivity index (χ4v) is 6.72. The highest BCUT2D eigenvalue weighted by Gasteiger charge is 2.37.